The first-order valence-corrected chi connectivity index (χ1v) is 7.20. The molecule has 2 rings (SSSR count). The van der Waals surface area contributed by atoms with Crippen LogP contribution in [-0.2, 0) is 6.54 Å². The van der Waals surface area contributed by atoms with Gasteiger partial charge in [0.2, 0.25) is 5.88 Å². The van der Waals surface area contributed by atoms with Crippen LogP contribution < -0.4 is 10.1 Å². The SMILES string of the molecule is CCC(C)c1ccc(Oc2ncc(F)cc2CNC)cc1. The Morgan fingerprint density at radius 2 is 2.00 bits per heavy atom. The second-order valence-electron chi connectivity index (χ2n) is 5.13. The van der Waals surface area contributed by atoms with Gasteiger partial charge in [0.25, 0.3) is 0 Å². The molecule has 0 amide bonds. The summed E-state index contributed by atoms with van der Waals surface area (Å²) in [6.07, 6.45) is 2.27. The van der Waals surface area contributed by atoms with Gasteiger partial charge in [-0.2, -0.15) is 0 Å². The molecule has 0 bridgehead atoms. The van der Waals surface area contributed by atoms with E-state index in [1.54, 1.807) is 7.05 Å². The van der Waals surface area contributed by atoms with E-state index in [9.17, 15) is 4.39 Å². The largest absolute Gasteiger partial charge is 0.439 e. The van der Waals surface area contributed by atoms with Crippen molar-refractivity contribution in [2.24, 2.45) is 0 Å². The van der Waals surface area contributed by atoms with Gasteiger partial charge in [0.15, 0.2) is 0 Å². The van der Waals surface area contributed by atoms with Crippen molar-refractivity contribution in [2.75, 3.05) is 7.05 Å². The number of pyridine rings is 1. The zero-order valence-electron chi connectivity index (χ0n) is 12.7. The lowest BCUT2D eigenvalue weighted by atomic mass is 9.99. The van der Waals surface area contributed by atoms with Crippen molar-refractivity contribution in [2.45, 2.75) is 32.7 Å². The van der Waals surface area contributed by atoms with Crippen LogP contribution in [-0.4, -0.2) is 12.0 Å². The summed E-state index contributed by atoms with van der Waals surface area (Å²) in [5, 5.41) is 2.98. The van der Waals surface area contributed by atoms with Gasteiger partial charge in [0.1, 0.15) is 11.6 Å². The maximum absolute atomic E-state index is 13.2. The number of ether oxygens (including phenoxy) is 1. The molecule has 3 nitrogen and oxygen atoms in total. The Hall–Kier alpha value is -1.94. The number of nitrogens with zero attached hydrogens (tertiary/aromatic N) is 1. The first-order chi connectivity index (χ1) is 10.1. The summed E-state index contributed by atoms with van der Waals surface area (Å²) in [7, 11) is 1.80. The molecular formula is C17H21FN2O. The van der Waals surface area contributed by atoms with Gasteiger partial charge < -0.3 is 10.1 Å². The number of hydrogen-bond acceptors (Lipinski definition) is 3. The fourth-order valence-electron chi connectivity index (χ4n) is 2.09. The van der Waals surface area contributed by atoms with Crippen LogP contribution in [0.25, 0.3) is 0 Å². The minimum absolute atomic E-state index is 0.361. The summed E-state index contributed by atoms with van der Waals surface area (Å²) in [6.45, 7) is 4.87. The van der Waals surface area contributed by atoms with E-state index in [-0.39, 0.29) is 5.82 Å². The third kappa shape index (κ3) is 4.02. The van der Waals surface area contributed by atoms with E-state index in [1.807, 2.05) is 12.1 Å². The molecule has 1 atom stereocenters. The normalized spacial score (nSPS) is 12.2. The standard InChI is InChI=1S/C17H21FN2O/c1-4-12(2)13-5-7-16(8-6-13)21-17-14(10-19-3)9-15(18)11-20-17/h5-9,11-12,19H,4,10H2,1-3H3. The molecular weight excluding hydrogens is 267 g/mol. The number of benzene rings is 1. The van der Waals surface area contributed by atoms with Crippen molar-refractivity contribution < 1.29 is 9.13 Å². The van der Waals surface area contributed by atoms with Crippen LogP contribution in [0.2, 0.25) is 0 Å². The lowest BCUT2D eigenvalue weighted by Crippen LogP contribution is -2.07. The van der Waals surface area contributed by atoms with E-state index in [4.69, 9.17) is 4.74 Å². The highest BCUT2D eigenvalue weighted by Gasteiger charge is 2.09. The summed E-state index contributed by atoms with van der Waals surface area (Å²) in [5.74, 6) is 1.31. The van der Waals surface area contributed by atoms with E-state index in [2.05, 4.69) is 36.3 Å². The zero-order valence-corrected chi connectivity index (χ0v) is 12.7. The fraction of sp³-hybridized carbons (Fsp3) is 0.353. The number of halogens is 1. The van der Waals surface area contributed by atoms with Crippen LogP contribution in [0.3, 0.4) is 0 Å². The van der Waals surface area contributed by atoms with Crippen molar-refractivity contribution in [3.63, 3.8) is 0 Å². The Balaban J connectivity index is 2.18. The van der Waals surface area contributed by atoms with Gasteiger partial charge in [-0.25, -0.2) is 9.37 Å². The van der Waals surface area contributed by atoms with Crippen molar-refractivity contribution in [1.82, 2.24) is 10.3 Å². The fourth-order valence-corrected chi connectivity index (χ4v) is 2.09. The molecule has 0 aliphatic rings. The van der Waals surface area contributed by atoms with Crippen LogP contribution in [0.1, 0.15) is 37.3 Å². The molecule has 0 radical (unpaired) electrons. The van der Waals surface area contributed by atoms with Crippen LogP contribution in [0, 0.1) is 5.82 Å². The molecule has 0 aliphatic carbocycles. The summed E-state index contributed by atoms with van der Waals surface area (Å²) in [6, 6.07) is 9.41. The van der Waals surface area contributed by atoms with Gasteiger partial charge in [0.05, 0.1) is 6.20 Å². The Kier molecular flexibility index (Phi) is 5.28. The third-order valence-corrected chi connectivity index (χ3v) is 3.54. The van der Waals surface area contributed by atoms with Crippen molar-refractivity contribution in [3.8, 4) is 11.6 Å². The van der Waals surface area contributed by atoms with Gasteiger partial charge in [-0.15, -0.1) is 0 Å². The van der Waals surface area contributed by atoms with E-state index in [0.29, 0.717) is 29.7 Å². The predicted molar refractivity (Wildman–Crippen MR) is 82.2 cm³/mol. The molecule has 0 fully saturated rings. The Morgan fingerprint density at radius 1 is 1.29 bits per heavy atom. The maximum atomic E-state index is 13.2. The molecule has 1 aromatic heterocycles. The molecule has 0 spiro atoms. The molecule has 1 N–H and O–H groups in total. The number of hydrogen-bond donors (Lipinski definition) is 1. The summed E-state index contributed by atoms with van der Waals surface area (Å²) in [5.41, 5.74) is 1.98. The smallest absolute Gasteiger partial charge is 0.223 e. The van der Waals surface area contributed by atoms with E-state index < -0.39 is 0 Å². The van der Waals surface area contributed by atoms with Crippen LogP contribution in [0.15, 0.2) is 36.5 Å². The van der Waals surface area contributed by atoms with Crippen LogP contribution in [0.4, 0.5) is 4.39 Å². The minimum atomic E-state index is -0.361. The average Bonchev–Trinajstić information content (AvgIpc) is 2.50. The van der Waals surface area contributed by atoms with E-state index >= 15 is 0 Å². The topological polar surface area (TPSA) is 34.1 Å². The number of nitrogens with one attached hydrogen (secondary N) is 1. The highest BCUT2D eigenvalue weighted by Crippen LogP contribution is 2.26. The lowest BCUT2D eigenvalue weighted by molar-refractivity contribution is 0.449. The second-order valence-corrected chi connectivity index (χ2v) is 5.13. The zero-order chi connectivity index (χ0) is 15.2. The highest BCUT2D eigenvalue weighted by molar-refractivity contribution is 5.35. The number of aromatic nitrogens is 1. The lowest BCUT2D eigenvalue weighted by Gasteiger charge is -2.12. The molecule has 21 heavy (non-hydrogen) atoms. The summed E-state index contributed by atoms with van der Waals surface area (Å²) in [4.78, 5) is 4.03. The Bertz CT molecular complexity index is 584. The van der Waals surface area contributed by atoms with Gasteiger partial charge >= 0.3 is 0 Å². The first-order valence-electron chi connectivity index (χ1n) is 7.20. The van der Waals surface area contributed by atoms with Crippen LogP contribution in [0.5, 0.6) is 11.6 Å². The molecule has 1 unspecified atom stereocenters. The Labute approximate surface area is 125 Å². The monoisotopic (exact) mass is 288 g/mol. The van der Waals surface area contributed by atoms with Crippen LogP contribution >= 0.6 is 0 Å². The van der Waals surface area contributed by atoms with Crippen molar-refractivity contribution in [3.05, 3.63) is 53.5 Å². The van der Waals surface area contributed by atoms with Crippen molar-refractivity contribution in [1.29, 1.82) is 0 Å². The van der Waals surface area contributed by atoms with Gasteiger partial charge in [-0.05, 0) is 43.1 Å². The number of rotatable bonds is 6. The van der Waals surface area contributed by atoms with Crippen molar-refractivity contribution >= 4 is 0 Å². The molecule has 0 aliphatic heterocycles. The van der Waals surface area contributed by atoms with Gasteiger partial charge in [-0.3, -0.25) is 0 Å². The highest BCUT2D eigenvalue weighted by atomic mass is 19.1. The maximum Gasteiger partial charge on any atom is 0.223 e. The molecule has 0 saturated heterocycles. The third-order valence-electron chi connectivity index (χ3n) is 3.54. The predicted octanol–water partition coefficient (Wildman–Crippen LogP) is 4.25. The van der Waals surface area contributed by atoms with E-state index in [1.165, 1.54) is 17.8 Å². The summed E-state index contributed by atoms with van der Waals surface area (Å²) >= 11 is 0. The second kappa shape index (κ2) is 7.18. The molecule has 4 heteroatoms. The molecule has 1 heterocycles. The van der Waals surface area contributed by atoms with E-state index in [0.717, 1.165) is 6.42 Å². The quantitative estimate of drug-likeness (QED) is 0.863. The Morgan fingerprint density at radius 3 is 2.62 bits per heavy atom. The molecule has 2 aromatic rings. The molecule has 112 valence electrons. The average molecular weight is 288 g/mol. The summed E-state index contributed by atoms with van der Waals surface area (Å²) < 4.78 is 19.0. The van der Waals surface area contributed by atoms with Gasteiger partial charge in [-0.1, -0.05) is 26.0 Å². The molecule has 1 aromatic carbocycles. The van der Waals surface area contributed by atoms with Gasteiger partial charge in [0, 0.05) is 12.1 Å². The molecule has 0 saturated carbocycles. The first kappa shape index (κ1) is 15.4. The minimum Gasteiger partial charge on any atom is -0.439 e.